The minimum atomic E-state index is -0.485. The monoisotopic (exact) mass is 289 g/mol. The van der Waals surface area contributed by atoms with Crippen molar-refractivity contribution in [1.29, 1.82) is 0 Å². The van der Waals surface area contributed by atoms with Crippen LogP contribution in [0, 0.1) is 5.82 Å². The number of carbonyl (C=O) groups excluding carboxylic acids is 1. The van der Waals surface area contributed by atoms with Gasteiger partial charge < -0.3 is 4.90 Å². The van der Waals surface area contributed by atoms with Crippen LogP contribution in [0.5, 0.6) is 0 Å². The van der Waals surface area contributed by atoms with E-state index in [1.165, 1.54) is 30.5 Å². The third-order valence-corrected chi connectivity index (χ3v) is 3.21. The topological polar surface area (TPSA) is 55.2 Å². The number of nitrogens with zero attached hydrogens (tertiary/aromatic N) is 3. The van der Waals surface area contributed by atoms with Gasteiger partial charge in [0.25, 0.3) is 5.56 Å². The largest absolute Gasteiger partial charge is 0.373 e. The Bertz CT molecular complexity index is 712. The van der Waals surface area contributed by atoms with E-state index in [4.69, 9.17) is 0 Å². The van der Waals surface area contributed by atoms with Crippen molar-refractivity contribution in [3.05, 3.63) is 58.3 Å². The molecule has 0 saturated carbocycles. The Morgan fingerprint density at radius 1 is 1.38 bits per heavy atom. The number of rotatable bonds is 5. The van der Waals surface area contributed by atoms with Gasteiger partial charge in [0.1, 0.15) is 12.4 Å². The zero-order valence-corrected chi connectivity index (χ0v) is 11.9. The first-order chi connectivity index (χ1) is 10.0. The number of hydrogen-bond donors (Lipinski definition) is 0. The predicted molar refractivity (Wildman–Crippen MR) is 78.2 cm³/mol. The fraction of sp³-hybridized carbons (Fsp3) is 0.267. The zero-order chi connectivity index (χ0) is 15.4. The van der Waals surface area contributed by atoms with Crippen LogP contribution in [0.4, 0.5) is 10.1 Å². The highest BCUT2D eigenvalue weighted by atomic mass is 19.1. The van der Waals surface area contributed by atoms with Gasteiger partial charge in [-0.2, -0.15) is 5.10 Å². The van der Waals surface area contributed by atoms with Crippen LogP contribution in [-0.4, -0.2) is 29.2 Å². The number of Topliss-reactive ketones (excluding diaryl/α,β-unsaturated/α-hetero) is 1. The summed E-state index contributed by atoms with van der Waals surface area (Å²) in [5.41, 5.74) is 0.549. The van der Waals surface area contributed by atoms with Gasteiger partial charge in [-0.3, -0.25) is 9.59 Å². The Balaban J connectivity index is 2.20. The fourth-order valence-electron chi connectivity index (χ4n) is 1.82. The molecule has 1 aromatic carbocycles. The molecule has 0 bridgehead atoms. The van der Waals surface area contributed by atoms with E-state index in [1.807, 2.05) is 18.9 Å². The lowest BCUT2D eigenvalue weighted by Gasteiger charge is -2.16. The molecular formula is C15H16FN3O2. The van der Waals surface area contributed by atoms with Crippen molar-refractivity contribution in [2.24, 2.45) is 0 Å². The molecule has 5 nitrogen and oxygen atoms in total. The third kappa shape index (κ3) is 3.53. The molecule has 0 fully saturated rings. The summed E-state index contributed by atoms with van der Waals surface area (Å²) in [4.78, 5) is 25.8. The number of aromatic nitrogens is 2. The molecular weight excluding hydrogens is 273 g/mol. The van der Waals surface area contributed by atoms with E-state index < -0.39 is 5.82 Å². The highest BCUT2D eigenvalue weighted by Gasteiger charge is 2.10. The number of carbonyl (C=O) groups is 1. The second-order valence-electron chi connectivity index (χ2n) is 4.66. The Morgan fingerprint density at radius 2 is 2.14 bits per heavy atom. The van der Waals surface area contributed by atoms with E-state index in [-0.39, 0.29) is 23.5 Å². The SMILES string of the molecule is CCN(C)c1cnn(CC(=O)c2cccc(F)c2)c(=O)c1. The van der Waals surface area contributed by atoms with E-state index in [0.717, 1.165) is 17.3 Å². The molecule has 1 heterocycles. The van der Waals surface area contributed by atoms with E-state index in [0.29, 0.717) is 5.69 Å². The van der Waals surface area contributed by atoms with Crippen molar-refractivity contribution in [3.63, 3.8) is 0 Å². The van der Waals surface area contributed by atoms with E-state index in [9.17, 15) is 14.0 Å². The van der Waals surface area contributed by atoms with E-state index in [2.05, 4.69) is 5.10 Å². The summed E-state index contributed by atoms with van der Waals surface area (Å²) >= 11 is 0. The van der Waals surface area contributed by atoms with Crippen molar-refractivity contribution in [3.8, 4) is 0 Å². The molecule has 0 aliphatic heterocycles. The maximum absolute atomic E-state index is 13.1. The molecule has 0 atom stereocenters. The maximum Gasteiger partial charge on any atom is 0.269 e. The molecule has 2 rings (SSSR count). The van der Waals surface area contributed by atoms with Crippen molar-refractivity contribution in [2.45, 2.75) is 13.5 Å². The number of hydrogen-bond acceptors (Lipinski definition) is 4. The molecule has 6 heteroatoms. The molecule has 0 saturated heterocycles. The predicted octanol–water partition coefficient (Wildman–Crippen LogP) is 1.72. The molecule has 1 aromatic heterocycles. The van der Waals surface area contributed by atoms with Crippen molar-refractivity contribution < 1.29 is 9.18 Å². The first-order valence-electron chi connectivity index (χ1n) is 6.58. The smallest absolute Gasteiger partial charge is 0.269 e. The van der Waals surface area contributed by atoms with Crippen molar-refractivity contribution in [1.82, 2.24) is 9.78 Å². The average molecular weight is 289 g/mol. The normalized spacial score (nSPS) is 10.4. The van der Waals surface area contributed by atoms with Gasteiger partial charge in [-0.1, -0.05) is 12.1 Å². The van der Waals surface area contributed by atoms with Gasteiger partial charge in [-0.05, 0) is 19.1 Å². The molecule has 0 aliphatic carbocycles. The van der Waals surface area contributed by atoms with Gasteiger partial charge in [0.15, 0.2) is 5.78 Å². The number of ketones is 1. The summed E-state index contributed by atoms with van der Waals surface area (Å²) in [6.45, 7) is 2.49. The van der Waals surface area contributed by atoms with Gasteiger partial charge in [0.05, 0.1) is 11.9 Å². The molecule has 0 unspecified atom stereocenters. The van der Waals surface area contributed by atoms with E-state index in [1.54, 1.807) is 0 Å². The van der Waals surface area contributed by atoms with Crippen LogP contribution < -0.4 is 10.5 Å². The van der Waals surface area contributed by atoms with Crippen molar-refractivity contribution in [2.75, 3.05) is 18.5 Å². The summed E-state index contributed by atoms with van der Waals surface area (Å²) in [6.07, 6.45) is 1.53. The lowest BCUT2D eigenvalue weighted by molar-refractivity contribution is 0.0965. The third-order valence-electron chi connectivity index (χ3n) is 3.21. The first kappa shape index (κ1) is 14.9. The van der Waals surface area contributed by atoms with Crippen molar-refractivity contribution >= 4 is 11.5 Å². The van der Waals surface area contributed by atoms with Gasteiger partial charge in [-0.25, -0.2) is 9.07 Å². The molecule has 0 amide bonds. The second-order valence-corrected chi connectivity index (χ2v) is 4.66. The fourth-order valence-corrected chi connectivity index (χ4v) is 1.82. The van der Waals surface area contributed by atoms with Gasteiger partial charge in [-0.15, -0.1) is 0 Å². The lowest BCUT2D eigenvalue weighted by Crippen LogP contribution is -2.28. The van der Waals surface area contributed by atoms with Crippen LogP contribution in [0.25, 0.3) is 0 Å². The Morgan fingerprint density at radius 3 is 2.76 bits per heavy atom. The minimum absolute atomic E-state index is 0.210. The van der Waals surface area contributed by atoms with Crippen LogP contribution >= 0.6 is 0 Å². The summed E-state index contributed by atoms with van der Waals surface area (Å²) in [5.74, 6) is -0.846. The molecule has 21 heavy (non-hydrogen) atoms. The Hall–Kier alpha value is -2.50. The van der Waals surface area contributed by atoms with E-state index >= 15 is 0 Å². The molecule has 0 radical (unpaired) electrons. The molecule has 0 aliphatic rings. The maximum atomic E-state index is 13.1. The summed E-state index contributed by atoms with van der Waals surface area (Å²) in [5, 5.41) is 3.98. The highest BCUT2D eigenvalue weighted by molar-refractivity contribution is 5.95. The minimum Gasteiger partial charge on any atom is -0.373 e. The summed E-state index contributed by atoms with van der Waals surface area (Å²) < 4.78 is 14.2. The van der Waals surface area contributed by atoms with Crippen LogP contribution in [-0.2, 0) is 6.54 Å². The molecule has 2 aromatic rings. The molecule has 0 N–H and O–H groups in total. The first-order valence-corrected chi connectivity index (χ1v) is 6.58. The number of benzene rings is 1. The van der Waals surface area contributed by atoms with Gasteiger partial charge in [0, 0.05) is 25.2 Å². The standard InChI is InChI=1S/C15H16FN3O2/c1-3-18(2)13-8-15(21)19(17-9-13)10-14(20)11-5-4-6-12(16)7-11/h4-9H,3,10H2,1-2H3. The zero-order valence-electron chi connectivity index (χ0n) is 11.9. The lowest BCUT2D eigenvalue weighted by atomic mass is 10.1. The molecule has 110 valence electrons. The van der Waals surface area contributed by atoms with Crippen LogP contribution in [0.15, 0.2) is 41.3 Å². The summed E-state index contributed by atoms with van der Waals surface area (Å²) in [7, 11) is 1.85. The number of anilines is 1. The van der Waals surface area contributed by atoms with Gasteiger partial charge >= 0.3 is 0 Å². The van der Waals surface area contributed by atoms with Gasteiger partial charge in [0.2, 0.25) is 0 Å². The summed E-state index contributed by atoms with van der Waals surface area (Å²) in [6, 6.07) is 6.80. The van der Waals surface area contributed by atoms with Crippen LogP contribution in [0.3, 0.4) is 0 Å². The Labute approximate surface area is 121 Å². The second kappa shape index (κ2) is 6.30. The quantitative estimate of drug-likeness (QED) is 0.787. The van der Waals surface area contributed by atoms with Crippen LogP contribution in [0.2, 0.25) is 0 Å². The average Bonchev–Trinajstić information content (AvgIpc) is 2.48. The Kier molecular flexibility index (Phi) is 4.47. The molecule has 0 spiro atoms. The van der Waals surface area contributed by atoms with Crippen LogP contribution in [0.1, 0.15) is 17.3 Å². The number of halogens is 1. The highest BCUT2D eigenvalue weighted by Crippen LogP contribution is 2.07.